The Kier molecular flexibility index (Phi) is 5.35. The van der Waals surface area contributed by atoms with Gasteiger partial charge in [-0.1, -0.05) is 30.3 Å². The molecule has 27 heavy (non-hydrogen) atoms. The van der Waals surface area contributed by atoms with Crippen molar-refractivity contribution in [2.24, 2.45) is 0 Å². The number of hydrogen-bond donors (Lipinski definition) is 2. The van der Waals surface area contributed by atoms with Gasteiger partial charge in [0.25, 0.3) is 5.69 Å². The van der Waals surface area contributed by atoms with Crippen LogP contribution in [0.1, 0.15) is 34.3 Å². The molecule has 2 amide bonds. The fourth-order valence-electron chi connectivity index (χ4n) is 2.80. The Morgan fingerprint density at radius 2 is 1.81 bits per heavy atom. The Bertz CT molecular complexity index is 862. The largest absolute Gasteiger partial charge is 0.478 e. The molecule has 8 nitrogen and oxygen atoms in total. The van der Waals surface area contributed by atoms with Crippen LogP contribution in [0.15, 0.2) is 48.5 Å². The van der Waals surface area contributed by atoms with Crippen LogP contribution in [-0.2, 0) is 13.1 Å². The zero-order valence-corrected chi connectivity index (χ0v) is 14.5. The van der Waals surface area contributed by atoms with Gasteiger partial charge < -0.3 is 15.3 Å². The number of rotatable bonds is 7. The minimum Gasteiger partial charge on any atom is -0.478 e. The lowest BCUT2D eigenvalue weighted by molar-refractivity contribution is -0.385. The summed E-state index contributed by atoms with van der Waals surface area (Å²) >= 11 is 0. The van der Waals surface area contributed by atoms with Gasteiger partial charge >= 0.3 is 12.0 Å². The van der Waals surface area contributed by atoms with Gasteiger partial charge in [-0.15, -0.1) is 0 Å². The molecule has 0 bridgehead atoms. The number of carbonyl (C=O) groups is 2. The van der Waals surface area contributed by atoms with E-state index in [0.717, 1.165) is 18.4 Å². The molecule has 0 saturated heterocycles. The fraction of sp³-hybridized carbons (Fsp3) is 0.263. The number of nitrogens with one attached hydrogen (secondary N) is 1. The summed E-state index contributed by atoms with van der Waals surface area (Å²) in [5, 5.41) is 22.9. The van der Waals surface area contributed by atoms with Crippen LogP contribution in [0.2, 0.25) is 0 Å². The van der Waals surface area contributed by atoms with E-state index in [1.807, 2.05) is 0 Å². The molecule has 0 unspecified atom stereocenters. The lowest BCUT2D eigenvalue weighted by Crippen LogP contribution is -2.40. The Morgan fingerprint density at radius 3 is 2.41 bits per heavy atom. The van der Waals surface area contributed by atoms with Crippen LogP contribution in [0.25, 0.3) is 0 Å². The molecule has 8 heteroatoms. The monoisotopic (exact) mass is 369 g/mol. The van der Waals surface area contributed by atoms with E-state index in [2.05, 4.69) is 5.32 Å². The van der Waals surface area contributed by atoms with E-state index in [4.69, 9.17) is 5.11 Å². The summed E-state index contributed by atoms with van der Waals surface area (Å²) in [6.45, 7) is 0.421. The van der Waals surface area contributed by atoms with Crippen molar-refractivity contribution in [3.8, 4) is 0 Å². The smallest absolute Gasteiger partial charge is 0.335 e. The van der Waals surface area contributed by atoms with Crippen molar-refractivity contribution in [2.75, 3.05) is 0 Å². The first kappa shape index (κ1) is 18.4. The number of para-hydroxylation sites is 1. The number of nitro benzene ring substituents is 1. The normalized spacial score (nSPS) is 13.0. The number of carboxylic acids is 1. The summed E-state index contributed by atoms with van der Waals surface area (Å²) in [6, 6.07) is 12.5. The summed E-state index contributed by atoms with van der Waals surface area (Å²) in [7, 11) is 0. The van der Waals surface area contributed by atoms with Crippen LogP contribution in [0.5, 0.6) is 0 Å². The number of hydrogen-bond acceptors (Lipinski definition) is 4. The van der Waals surface area contributed by atoms with Crippen LogP contribution in [0.3, 0.4) is 0 Å². The van der Waals surface area contributed by atoms with Crippen molar-refractivity contribution < 1.29 is 19.6 Å². The van der Waals surface area contributed by atoms with Gasteiger partial charge in [0.1, 0.15) is 0 Å². The molecule has 0 radical (unpaired) electrons. The second kappa shape index (κ2) is 7.86. The molecule has 1 aliphatic rings. The van der Waals surface area contributed by atoms with Gasteiger partial charge in [0.2, 0.25) is 0 Å². The van der Waals surface area contributed by atoms with Gasteiger partial charge in [0.05, 0.1) is 17.0 Å². The Morgan fingerprint density at radius 1 is 1.15 bits per heavy atom. The zero-order valence-electron chi connectivity index (χ0n) is 14.5. The highest BCUT2D eigenvalue weighted by molar-refractivity contribution is 5.87. The van der Waals surface area contributed by atoms with Gasteiger partial charge in [0.15, 0.2) is 0 Å². The van der Waals surface area contributed by atoms with Crippen molar-refractivity contribution in [2.45, 2.75) is 32.0 Å². The topological polar surface area (TPSA) is 113 Å². The first-order valence-electron chi connectivity index (χ1n) is 8.54. The van der Waals surface area contributed by atoms with E-state index in [9.17, 15) is 19.7 Å². The minimum atomic E-state index is -1.00. The first-order chi connectivity index (χ1) is 13.0. The predicted molar refractivity (Wildman–Crippen MR) is 97.3 cm³/mol. The molecule has 0 aromatic heterocycles. The molecule has 1 saturated carbocycles. The van der Waals surface area contributed by atoms with E-state index in [-0.39, 0.29) is 36.4 Å². The van der Waals surface area contributed by atoms with E-state index in [0.29, 0.717) is 5.56 Å². The van der Waals surface area contributed by atoms with Crippen LogP contribution < -0.4 is 5.32 Å². The summed E-state index contributed by atoms with van der Waals surface area (Å²) < 4.78 is 0. The van der Waals surface area contributed by atoms with E-state index >= 15 is 0 Å². The average Bonchev–Trinajstić information content (AvgIpc) is 3.49. The minimum absolute atomic E-state index is 0.000194. The van der Waals surface area contributed by atoms with Gasteiger partial charge in [-0.3, -0.25) is 10.1 Å². The van der Waals surface area contributed by atoms with Crippen LogP contribution >= 0.6 is 0 Å². The molecule has 140 valence electrons. The molecule has 2 aromatic rings. The van der Waals surface area contributed by atoms with Gasteiger partial charge in [-0.2, -0.15) is 0 Å². The van der Waals surface area contributed by atoms with E-state index < -0.39 is 10.9 Å². The third-order valence-electron chi connectivity index (χ3n) is 4.42. The highest BCUT2D eigenvalue weighted by Crippen LogP contribution is 2.30. The molecule has 1 fully saturated rings. The summed E-state index contributed by atoms with van der Waals surface area (Å²) in [4.78, 5) is 35.9. The summed E-state index contributed by atoms with van der Waals surface area (Å²) in [5.41, 5.74) is 1.45. The molecule has 0 heterocycles. The Hall–Kier alpha value is -3.42. The number of aromatic carboxylic acids is 1. The molecule has 1 aliphatic carbocycles. The first-order valence-corrected chi connectivity index (χ1v) is 8.54. The third kappa shape index (κ3) is 4.60. The average molecular weight is 369 g/mol. The second-order valence-corrected chi connectivity index (χ2v) is 6.41. The predicted octanol–water partition coefficient (Wildman–Crippen LogP) is 3.17. The molecule has 0 atom stereocenters. The Balaban J connectivity index is 1.66. The van der Waals surface area contributed by atoms with E-state index in [1.165, 1.54) is 18.2 Å². The maximum Gasteiger partial charge on any atom is 0.335 e. The second-order valence-electron chi connectivity index (χ2n) is 6.41. The maximum absolute atomic E-state index is 12.6. The highest BCUT2D eigenvalue weighted by Gasteiger charge is 2.33. The third-order valence-corrected chi connectivity index (χ3v) is 4.42. The van der Waals surface area contributed by atoms with Crippen molar-refractivity contribution in [3.63, 3.8) is 0 Å². The molecule has 2 N–H and O–H groups in total. The van der Waals surface area contributed by atoms with Crippen LogP contribution in [-0.4, -0.2) is 33.0 Å². The molecule has 0 spiro atoms. The van der Waals surface area contributed by atoms with Gasteiger partial charge in [0, 0.05) is 24.2 Å². The van der Waals surface area contributed by atoms with Crippen molar-refractivity contribution in [1.29, 1.82) is 0 Å². The van der Waals surface area contributed by atoms with Crippen molar-refractivity contribution >= 4 is 17.7 Å². The fourth-order valence-corrected chi connectivity index (χ4v) is 2.80. The molecular weight excluding hydrogens is 350 g/mol. The number of nitrogens with zero attached hydrogens (tertiary/aromatic N) is 2. The van der Waals surface area contributed by atoms with Crippen molar-refractivity contribution in [1.82, 2.24) is 10.2 Å². The quantitative estimate of drug-likeness (QED) is 0.575. The molecule has 2 aromatic carbocycles. The lowest BCUT2D eigenvalue weighted by atomic mass is 10.1. The van der Waals surface area contributed by atoms with Gasteiger partial charge in [-0.25, -0.2) is 9.59 Å². The van der Waals surface area contributed by atoms with Crippen LogP contribution in [0.4, 0.5) is 10.5 Å². The maximum atomic E-state index is 12.6. The standard InChI is InChI=1S/C19H19N3O5/c23-18(24)14-7-5-13(6-8-14)11-20-19(25)21(16-9-10-16)12-15-3-1-2-4-17(15)22(26)27/h1-8,16H,9-12H2,(H,20,25)(H,23,24). The number of urea groups is 1. The number of carboxylic acid groups (broad SMARTS) is 1. The molecular formula is C19H19N3O5. The SMILES string of the molecule is O=C(O)c1ccc(CNC(=O)N(Cc2ccccc2[N+](=O)[O-])C2CC2)cc1. The van der Waals surface area contributed by atoms with Crippen molar-refractivity contribution in [3.05, 3.63) is 75.3 Å². The highest BCUT2D eigenvalue weighted by atomic mass is 16.6. The lowest BCUT2D eigenvalue weighted by Gasteiger charge is -2.23. The number of amides is 2. The number of benzene rings is 2. The number of nitro groups is 1. The Labute approximate surface area is 155 Å². The van der Waals surface area contributed by atoms with Gasteiger partial charge in [-0.05, 0) is 30.5 Å². The van der Waals surface area contributed by atoms with Crippen LogP contribution in [0, 0.1) is 10.1 Å². The zero-order chi connectivity index (χ0) is 19.4. The summed E-state index contributed by atoms with van der Waals surface area (Å²) in [5.74, 6) is -1.00. The number of carbonyl (C=O) groups excluding carboxylic acids is 1. The van der Waals surface area contributed by atoms with E-state index in [1.54, 1.807) is 35.2 Å². The summed E-state index contributed by atoms with van der Waals surface area (Å²) in [6.07, 6.45) is 1.75. The molecule has 3 rings (SSSR count). The molecule has 0 aliphatic heterocycles.